The van der Waals surface area contributed by atoms with E-state index in [9.17, 15) is 0 Å². The van der Waals surface area contributed by atoms with Gasteiger partial charge in [-0.1, -0.05) is 24.3 Å². The fourth-order valence-electron chi connectivity index (χ4n) is 1.20. The largest absolute Gasteiger partial charge is 0.273 e. The Morgan fingerprint density at radius 1 is 0.800 bits per heavy atom. The predicted octanol–water partition coefficient (Wildman–Crippen LogP) is 4.82. The smallest absolute Gasteiger partial charge is 0.109 e. The van der Waals surface area contributed by atoms with Gasteiger partial charge in [-0.15, -0.1) is 6.42 Å². The van der Waals surface area contributed by atoms with Gasteiger partial charge in [0.25, 0.3) is 0 Å². The molecule has 0 aromatic rings. The van der Waals surface area contributed by atoms with Gasteiger partial charge in [0.05, 0.1) is 0 Å². The van der Waals surface area contributed by atoms with Gasteiger partial charge in [-0.05, 0) is 25.7 Å². The first-order chi connectivity index (χ1) is 7.50. The fraction of sp³-hybridized carbons (Fsp3) is 0.385. The average molecular weight is 354 g/mol. The molecule has 0 aromatic carbocycles. The van der Waals surface area contributed by atoms with Crippen molar-refractivity contribution in [2.45, 2.75) is 32.1 Å². The minimum atomic E-state index is 1.01. The minimum Gasteiger partial charge on any atom is -0.273 e. The zero-order chi connectivity index (χ0) is 11.2. The molecule has 0 amide bonds. The Morgan fingerprint density at radius 3 is 1.47 bits per heavy atom. The maximum Gasteiger partial charge on any atom is -0.109 e. The van der Waals surface area contributed by atoms with Crippen molar-refractivity contribution in [1.29, 1.82) is 0 Å². The zero-order valence-corrected chi connectivity index (χ0v) is 12.1. The Morgan fingerprint density at radius 2 is 1.27 bits per heavy atom. The second-order valence-electron chi connectivity index (χ2n) is 3.10. The van der Waals surface area contributed by atoms with E-state index in [1.807, 2.05) is 12.2 Å². The van der Waals surface area contributed by atoms with Crippen molar-refractivity contribution in [3.8, 4) is 0 Å². The summed E-state index contributed by atoms with van der Waals surface area (Å²) in [6.07, 6.45) is 24.0. The van der Waals surface area contributed by atoms with Crippen LogP contribution in [0.25, 0.3) is 0 Å². The summed E-state index contributed by atoms with van der Waals surface area (Å²) >= 11 is 5.03. The normalized spacial score (nSPS) is 19.1. The van der Waals surface area contributed by atoms with Gasteiger partial charge in [0.1, 0.15) is 0 Å². The molecule has 0 bridgehead atoms. The predicted molar refractivity (Wildman–Crippen MR) is 67.2 cm³/mol. The molecule has 0 atom stereocenters. The first kappa shape index (κ1) is 15.1. The van der Waals surface area contributed by atoms with Crippen molar-refractivity contribution in [2.75, 3.05) is 0 Å². The van der Waals surface area contributed by atoms with Gasteiger partial charge in [0.15, 0.2) is 0 Å². The molecule has 2 aliphatic carbocycles. The molecule has 15 heavy (non-hydrogen) atoms. The molecule has 0 nitrogen and oxygen atoms in total. The molecular weight excluding hydrogens is 337 g/mol. The van der Waals surface area contributed by atoms with Crippen molar-refractivity contribution in [2.24, 2.45) is 0 Å². The molecule has 0 unspecified atom stereocenters. The number of rotatable bonds is 0. The molecule has 0 N–H and O–H groups in total. The van der Waals surface area contributed by atoms with Crippen LogP contribution < -0.4 is 0 Å². The molecule has 0 aliphatic heterocycles. The van der Waals surface area contributed by atoms with Crippen LogP contribution in [0.2, 0.25) is 0 Å². The van der Waals surface area contributed by atoms with Crippen LogP contribution >= 0.6 is 13.6 Å². The molecule has 0 saturated heterocycles. The summed E-state index contributed by atoms with van der Waals surface area (Å²) in [5.74, 6) is 0. The fourth-order valence-corrected chi connectivity index (χ4v) is 1.20. The van der Waals surface area contributed by atoms with Gasteiger partial charge in [0, 0.05) is 0 Å². The number of halogens is 1. The summed E-state index contributed by atoms with van der Waals surface area (Å²) in [6.45, 7) is 0. The van der Waals surface area contributed by atoms with E-state index in [0.29, 0.717) is 0 Å². The molecule has 0 aromatic heterocycles. The molecule has 2 rings (SSSR count). The summed E-state index contributed by atoms with van der Waals surface area (Å²) in [4.78, 5) is 0. The summed E-state index contributed by atoms with van der Waals surface area (Å²) in [6, 6.07) is 0. The van der Waals surface area contributed by atoms with Gasteiger partial charge in [-0.3, -0.25) is 6.08 Å². The van der Waals surface area contributed by atoms with E-state index < -0.39 is 0 Å². The quantitative estimate of drug-likeness (QED) is 0.332. The van der Waals surface area contributed by atoms with Crippen LogP contribution in [0, 0.1) is 6.08 Å². The van der Waals surface area contributed by atoms with E-state index in [4.69, 9.17) is 0 Å². The van der Waals surface area contributed by atoms with Gasteiger partial charge in [0.2, 0.25) is 0 Å². The SMILES string of the molecule is C1=CCC/C=C\CC1.[Br][Ru+].[C-]1=CC=CC1. The van der Waals surface area contributed by atoms with Gasteiger partial charge in [-0.25, -0.2) is 12.2 Å². The third kappa shape index (κ3) is 12.0. The van der Waals surface area contributed by atoms with Gasteiger partial charge >= 0.3 is 30.0 Å². The topological polar surface area (TPSA) is 0 Å². The average Bonchev–Trinajstić information content (AvgIpc) is 2.77. The molecule has 84 valence electrons. The van der Waals surface area contributed by atoms with E-state index in [1.54, 1.807) is 0 Å². The standard InChI is InChI=1S/C8H12.C5H5.BrH.Ru/c1-2-4-6-8-7-5-3-1;1-2-4-5-3-1;;/h1-2,7-8H,3-6H2;1-3H,4H2;1H;/q;-1;;+2/p-1/b2-1-,8-7?;;;. The van der Waals surface area contributed by atoms with Crippen LogP contribution in [0.15, 0.2) is 42.5 Å². The molecule has 2 heteroatoms. The van der Waals surface area contributed by atoms with Crippen LogP contribution in [0.3, 0.4) is 0 Å². The van der Waals surface area contributed by atoms with Crippen molar-refractivity contribution in [3.63, 3.8) is 0 Å². The van der Waals surface area contributed by atoms with Crippen LogP contribution in [0.1, 0.15) is 32.1 Å². The maximum absolute atomic E-state index is 2.99. The molecular formula is C13H17BrRu. The second-order valence-corrected chi connectivity index (χ2v) is 3.10. The van der Waals surface area contributed by atoms with Crippen LogP contribution in [-0.2, 0) is 16.3 Å². The Kier molecular flexibility index (Phi) is 14.1. The van der Waals surface area contributed by atoms with E-state index in [1.165, 1.54) is 25.7 Å². The van der Waals surface area contributed by atoms with E-state index in [2.05, 4.69) is 66.4 Å². The van der Waals surface area contributed by atoms with Crippen LogP contribution in [0.4, 0.5) is 0 Å². The van der Waals surface area contributed by atoms with E-state index >= 15 is 0 Å². The first-order valence-corrected chi connectivity index (χ1v) is 9.12. The zero-order valence-electron chi connectivity index (χ0n) is 8.81. The first-order valence-electron chi connectivity index (χ1n) is 5.15. The summed E-state index contributed by atoms with van der Waals surface area (Å²) < 4.78 is 0. The Balaban J connectivity index is 0.000000241. The van der Waals surface area contributed by atoms with E-state index in [-0.39, 0.29) is 0 Å². The summed E-state index contributed by atoms with van der Waals surface area (Å²) in [5.41, 5.74) is 0. The molecule has 0 fully saturated rings. The van der Waals surface area contributed by atoms with E-state index in [0.717, 1.165) is 6.42 Å². The third-order valence-corrected chi connectivity index (χ3v) is 1.92. The molecule has 0 heterocycles. The maximum atomic E-state index is 2.99. The van der Waals surface area contributed by atoms with Crippen LogP contribution in [0.5, 0.6) is 0 Å². The van der Waals surface area contributed by atoms with Crippen molar-refractivity contribution in [3.05, 3.63) is 48.6 Å². The Bertz CT molecular complexity index is 191. The monoisotopic (exact) mass is 354 g/mol. The molecule has 0 spiro atoms. The number of hydrogen-bond acceptors (Lipinski definition) is 0. The van der Waals surface area contributed by atoms with Crippen molar-refractivity contribution in [1.82, 2.24) is 0 Å². The van der Waals surface area contributed by atoms with Crippen LogP contribution in [-0.4, -0.2) is 0 Å². The Hall–Kier alpha value is 0.0634. The molecule has 2 aliphatic rings. The second kappa shape index (κ2) is 14.1. The molecule has 0 radical (unpaired) electrons. The molecule has 0 saturated carbocycles. The number of allylic oxidation sites excluding steroid dienone is 8. The minimum absolute atomic E-state index is 1.01. The number of hydrogen-bond donors (Lipinski definition) is 0. The van der Waals surface area contributed by atoms with Crippen molar-refractivity contribution >= 4 is 13.6 Å². The van der Waals surface area contributed by atoms with Crippen molar-refractivity contribution < 1.29 is 16.3 Å². The summed E-state index contributed by atoms with van der Waals surface area (Å²) in [5, 5.41) is 0. The third-order valence-electron chi connectivity index (χ3n) is 1.92. The van der Waals surface area contributed by atoms with Gasteiger partial charge in [-0.2, -0.15) is 6.08 Å². The Labute approximate surface area is 110 Å². The van der Waals surface area contributed by atoms with Gasteiger partial charge < -0.3 is 0 Å². The summed E-state index contributed by atoms with van der Waals surface area (Å²) in [7, 11) is 0.